The second-order valence-corrected chi connectivity index (χ2v) is 7.25. The maximum absolute atomic E-state index is 12.6. The molecule has 0 aliphatic heterocycles. The summed E-state index contributed by atoms with van der Waals surface area (Å²) in [5.41, 5.74) is 1.69. The van der Waals surface area contributed by atoms with Gasteiger partial charge >= 0.3 is 0 Å². The van der Waals surface area contributed by atoms with Gasteiger partial charge in [-0.3, -0.25) is 9.20 Å². The SMILES string of the molecule is O=C(NC1CC(Oc2cccc(Cl)c2Cl)C1)c1cnc2c(CO)cccn12. The van der Waals surface area contributed by atoms with Crippen molar-refractivity contribution in [1.82, 2.24) is 14.7 Å². The van der Waals surface area contributed by atoms with Crippen LogP contribution in [0, 0.1) is 0 Å². The van der Waals surface area contributed by atoms with Gasteiger partial charge in [-0.25, -0.2) is 4.98 Å². The maximum Gasteiger partial charge on any atom is 0.270 e. The number of halogens is 2. The minimum atomic E-state index is -0.207. The van der Waals surface area contributed by atoms with Crippen LogP contribution in [-0.4, -0.2) is 32.5 Å². The van der Waals surface area contributed by atoms with E-state index >= 15 is 0 Å². The Morgan fingerprint density at radius 1 is 1.30 bits per heavy atom. The van der Waals surface area contributed by atoms with Crippen LogP contribution in [0.25, 0.3) is 5.65 Å². The molecule has 0 saturated heterocycles. The highest BCUT2D eigenvalue weighted by atomic mass is 35.5. The van der Waals surface area contributed by atoms with Gasteiger partial charge in [-0.15, -0.1) is 0 Å². The Morgan fingerprint density at radius 3 is 2.89 bits per heavy atom. The normalized spacial score (nSPS) is 18.9. The molecule has 0 unspecified atom stereocenters. The quantitative estimate of drug-likeness (QED) is 0.681. The lowest BCUT2D eigenvalue weighted by Crippen LogP contribution is -2.49. The number of aromatic nitrogens is 2. The van der Waals surface area contributed by atoms with Crippen LogP contribution >= 0.6 is 23.2 Å². The van der Waals surface area contributed by atoms with Gasteiger partial charge in [0.1, 0.15) is 28.2 Å². The number of carbonyl (C=O) groups excluding carboxylic acids is 1. The van der Waals surface area contributed by atoms with Crippen LogP contribution in [0.2, 0.25) is 10.0 Å². The van der Waals surface area contributed by atoms with Crippen LogP contribution in [-0.2, 0) is 6.61 Å². The van der Waals surface area contributed by atoms with Crippen molar-refractivity contribution in [2.24, 2.45) is 0 Å². The lowest BCUT2D eigenvalue weighted by atomic mass is 9.89. The number of imidazole rings is 1. The molecule has 2 heterocycles. The Hall–Kier alpha value is -2.28. The first-order valence-corrected chi connectivity index (χ1v) is 9.29. The van der Waals surface area contributed by atoms with Crippen LogP contribution in [0.5, 0.6) is 5.75 Å². The van der Waals surface area contributed by atoms with Crippen molar-refractivity contribution in [3.8, 4) is 5.75 Å². The second-order valence-electron chi connectivity index (χ2n) is 6.46. The predicted octanol–water partition coefficient (Wildman–Crippen LogP) is 3.47. The zero-order valence-electron chi connectivity index (χ0n) is 14.2. The summed E-state index contributed by atoms with van der Waals surface area (Å²) in [6.07, 6.45) is 4.63. The Kier molecular flexibility index (Phi) is 4.95. The zero-order valence-corrected chi connectivity index (χ0v) is 15.7. The van der Waals surface area contributed by atoms with Crippen molar-refractivity contribution >= 4 is 34.8 Å². The van der Waals surface area contributed by atoms with Gasteiger partial charge in [0.25, 0.3) is 5.91 Å². The number of ether oxygens (including phenoxy) is 1. The molecule has 0 bridgehead atoms. The van der Waals surface area contributed by atoms with Crippen LogP contribution in [0.1, 0.15) is 28.9 Å². The molecule has 4 rings (SSSR count). The molecule has 27 heavy (non-hydrogen) atoms. The molecule has 0 radical (unpaired) electrons. The minimum Gasteiger partial charge on any atom is -0.489 e. The molecule has 6 nitrogen and oxygen atoms in total. The highest BCUT2D eigenvalue weighted by Gasteiger charge is 2.33. The highest BCUT2D eigenvalue weighted by Crippen LogP contribution is 2.35. The minimum absolute atomic E-state index is 0.0190. The van der Waals surface area contributed by atoms with Crippen molar-refractivity contribution in [3.05, 3.63) is 64.0 Å². The van der Waals surface area contributed by atoms with Crippen LogP contribution in [0.4, 0.5) is 0 Å². The van der Waals surface area contributed by atoms with Crippen LogP contribution in [0.15, 0.2) is 42.7 Å². The van der Waals surface area contributed by atoms with E-state index in [4.69, 9.17) is 27.9 Å². The summed E-state index contributed by atoms with van der Waals surface area (Å²) >= 11 is 12.1. The summed E-state index contributed by atoms with van der Waals surface area (Å²) in [6.45, 7) is -0.129. The molecule has 0 spiro atoms. The first-order valence-electron chi connectivity index (χ1n) is 8.54. The first kappa shape index (κ1) is 18.1. The summed E-state index contributed by atoms with van der Waals surface area (Å²) in [5, 5.41) is 13.2. The van der Waals surface area contributed by atoms with Gasteiger partial charge in [-0.05, 0) is 18.2 Å². The third-order valence-electron chi connectivity index (χ3n) is 4.66. The molecule has 2 aromatic heterocycles. The number of hydrogen-bond donors (Lipinski definition) is 2. The number of carbonyl (C=O) groups is 1. The fourth-order valence-corrected chi connectivity index (χ4v) is 3.49. The molecule has 1 amide bonds. The van der Waals surface area contributed by atoms with E-state index in [-0.39, 0.29) is 24.7 Å². The van der Waals surface area contributed by atoms with E-state index in [1.54, 1.807) is 40.9 Å². The Bertz CT molecular complexity index is 999. The highest BCUT2D eigenvalue weighted by molar-refractivity contribution is 6.42. The average molecular weight is 406 g/mol. The van der Waals surface area contributed by atoms with E-state index in [0.717, 1.165) is 0 Å². The summed E-state index contributed by atoms with van der Waals surface area (Å²) in [7, 11) is 0. The Balaban J connectivity index is 1.38. The van der Waals surface area contributed by atoms with Gasteiger partial charge in [0.05, 0.1) is 17.8 Å². The lowest BCUT2D eigenvalue weighted by Gasteiger charge is -2.35. The molecule has 1 aliphatic carbocycles. The van der Waals surface area contributed by atoms with Crippen molar-refractivity contribution in [2.75, 3.05) is 0 Å². The number of nitrogens with zero attached hydrogens (tertiary/aromatic N) is 2. The molecule has 8 heteroatoms. The van der Waals surface area contributed by atoms with Gasteiger partial charge in [-0.1, -0.05) is 35.3 Å². The van der Waals surface area contributed by atoms with Crippen molar-refractivity contribution in [1.29, 1.82) is 0 Å². The smallest absolute Gasteiger partial charge is 0.270 e. The molecule has 140 valence electrons. The molecule has 1 saturated carbocycles. The van der Waals surface area contributed by atoms with E-state index in [9.17, 15) is 9.90 Å². The third kappa shape index (κ3) is 3.48. The largest absolute Gasteiger partial charge is 0.489 e. The summed E-state index contributed by atoms with van der Waals surface area (Å²) in [6, 6.07) is 8.84. The molecular formula is C19H17Cl2N3O3. The fourth-order valence-electron chi connectivity index (χ4n) is 3.15. The number of nitrogens with one attached hydrogen (secondary N) is 1. The predicted molar refractivity (Wildman–Crippen MR) is 102 cm³/mol. The van der Waals surface area contributed by atoms with Gasteiger partial charge in [0.2, 0.25) is 0 Å². The van der Waals surface area contributed by atoms with Gasteiger partial charge < -0.3 is 15.2 Å². The molecule has 3 aromatic rings. The van der Waals surface area contributed by atoms with Crippen LogP contribution < -0.4 is 10.1 Å². The van der Waals surface area contributed by atoms with E-state index in [0.29, 0.717) is 45.5 Å². The van der Waals surface area contributed by atoms with E-state index < -0.39 is 0 Å². The number of amides is 1. The maximum atomic E-state index is 12.6. The zero-order chi connectivity index (χ0) is 19.0. The Morgan fingerprint density at radius 2 is 2.11 bits per heavy atom. The van der Waals surface area contributed by atoms with Crippen molar-refractivity contribution in [3.63, 3.8) is 0 Å². The molecule has 1 aromatic carbocycles. The van der Waals surface area contributed by atoms with E-state index in [2.05, 4.69) is 10.3 Å². The molecule has 1 fully saturated rings. The average Bonchev–Trinajstić information content (AvgIpc) is 3.07. The number of rotatable bonds is 5. The van der Waals surface area contributed by atoms with Gasteiger partial charge in [0, 0.05) is 30.6 Å². The Labute approximate surface area is 165 Å². The number of aliphatic hydroxyl groups is 1. The van der Waals surface area contributed by atoms with E-state index in [1.807, 2.05) is 0 Å². The van der Waals surface area contributed by atoms with E-state index in [1.165, 1.54) is 6.20 Å². The summed E-state index contributed by atoms with van der Waals surface area (Å²) < 4.78 is 7.53. The van der Waals surface area contributed by atoms with Gasteiger partial charge in [0.15, 0.2) is 0 Å². The number of fused-ring (bicyclic) bond motifs is 1. The number of aliphatic hydroxyl groups excluding tert-OH is 1. The number of hydrogen-bond acceptors (Lipinski definition) is 4. The first-order chi connectivity index (χ1) is 13.1. The fraction of sp³-hybridized carbons (Fsp3) is 0.263. The molecular weight excluding hydrogens is 389 g/mol. The topological polar surface area (TPSA) is 75.9 Å². The third-order valence-corrected chi connectivity index (χ3v) is 5.46. The van der Waals surface area contributed by atoms with Crippen molar-refractivity contribution in [2.45, 2.75) is 31.6 Å². The molecule has 1 aliphatic rings. The summed E-state index contributed by atoms with van der Waals surface area (Å²) in [4.78, 5) is 16.8. The second kappa shape index (κ2) is 7.38. The lowest BCUT2D eigenvalue weighted by molar-refractivity contribution is 0.0697. The van der Waals surface area contributed by atoms with Gasteiger partial charge in [-0.2, -0.15) is 0 Å². The number of pyridine rings is 1. The number of benzene rings is 1. The standard InChI is InChI=1S/C19H17Cl2N3O3/c20-14-4-1-5-16(17(14)21)27-13-7-12(8-13)23-19(26)15-9-22-18-11(10-25)3-2-6-24(15)18/h1-6,9,12-13,25H,7-8,10H2,(H,23,26). The molecule has 2 N–H and O–H groups in total. The summed E-state index contributed by atoms with van der Waals surface area (Å²) in [5.74, 6) is 0.346. The monoisotopic (exact) mass is 405 g/mol. The van der Waals surface area contributed by atoms with Crippen molar-refractivity contribution < 1.29 is 14.6 Å². The molecule has 0 atom stereocenters. The van der Waals surface area contributed by atoms with Crippen LogP contribution in [0.3, 0.4) is 0 Å².